The van der Waals surface area contributed by atoms with Gasteiger partial charge in [0.05, 0.1) is 5.69 Å². The van der Waals surface area contributed by atoms with E-state index in [1.54, 1.807) is 4.68 Å². The monoisotopic (exact) mass is 413 g/mol. The van der Waals surface area contributed by atoms with E-state index >= 15 is 0 Å². The van der Waals surface area contributed by atoms with Crippen molar-refractivity contribution >= 4 is 27.7 Å². The fraction of sp³-hybridized carbons (Fsp3) is 0.200. The van der Waals surface area contributed by atoms with Crippen LogP contribution >= 0.6 is 15.9 Å². The first-order chi connectivity index (χ1) is 12.4. The van der Waals surface area contributed by atoms with Crippen LogP contribution in [0.2, 0.25) is 0 Å². The van der Waals surface area contributed by atoms with Crippen LogP contribution in [-0.2, 0) is 11.8 Å². The van der Waals surface area contributed by atoms with Gasteiger partial charge in [-0.15, -0.1) is 0 Å². The summed E-state index contributed by atoms with van der Waals surface area (Å²) in [5.74, 6) is 1.10. The van der Waals surface area contributed by atoms with Crippen LogP contribution < -0.4 is 10.1 Å². The lowest BCUT2D eigenvalue weighted by atomic mass is 10.1. The topological polar surface area (TPSA) is 56.1 Å². The molecule has 1 N–H and O–H groups in total. The minimum atomic E-state index is -0.229. The van der Waals surface area contributed by atoms with E-state index in [1.165, 1.54) is 0 Å². The number of anilines is 1. The number of ether oxygens (including phenoxy) is 1. The van der Waals surface area contributed by atoms with Crippen LogP contribution in [0.4, 0.5) is 5.82 Å². The maximum Gasteiger partial charge on any atom is 0.263 e. The fourth-order valence-corrected chi connectivity index (χ4v) is 3.05. The summed E-state index contributed by atoms with van der Waals surface area (Å²) in [4.78, 5) is 12.4. The van der Waals surface area contributed by atoms with E-state index in [2.05, 4.69) is 26.3 Å². The van der Waals surface area contributed by atoms with Gasteiger partial charge in [-0.25, -0.2) is 0 Å². The molecule has 0 bridgehead atoms. The van der Waals surface area contributed by atoms with Gasteiger partial charge in [0.2, 0.25) is 0 Å². The zero-order valence-electron chi connectivity index (χ0n) is 14.9. The number of nitrogens with one attached hydrogen (secondary N) is 1. The average molecular weight is 414 g/mol. The van der Waals surface area contributed by atoms with Gasteiger partial charge in [0.1, 0.15) is 11.6 Å². The smallest absolute Gasteiger partial charge is 0.263 e. The van der Waals surface area contributed by atoms with Crippen molar-refractivity contribution in [2.75, 3.05) is 11.9 Å². The number of nitrogens with zero attached hydrogens (tertiary/aromatic N) is 2. The van der Waals surface area contributed by atoms with E-state index in [9.17, 15) is 4.79 Å². The Balaban J connectivity index is 1.77. The second kappa shape index (κ2) is 7.74. The number of benzene rings is 2. The van der Waals surface area contributed by atoms with Crippen LogP contribution in [0.1, 0.15) is 11.3 Å². The molecule has 2 aromatic carbocycles. The molecule has 1 heterocycles. The molecule has 134 valence electrons. The van der Waals surface area contributed by atoms with Crippen molar-refractivity contribution in [3.63, 3.8) is 0 Å². The Morgan fingerprint density at radius 2 is 1.92 bits per heavy atom. The van der Waals surface area contributed by atoms with Crippen LogP contribution in [0.3, 0.4) is 0 Å². The minimum Gasteiger partial charge on any atom is -0.484 e. The summed E-state index contributed by atoms with van der Waals surface area (Å²) >= 11 is 3.44. The Hall–Kier alpha value is -2.60. The van der Waals surface area contributed by atoms with E-state index in [-0.39, 0.29) is 12.5 Å². The first-order valence-corrected chi connectivity index (χ1v) is 9.02. The molecule has 0 saturated carbocycles. The maximum absolute atomic E-state index is 12.4. The van der Waals surface area contributed by atoms with Crippen molar-refractivity contribution in [1.82, 2.24) is 9.78 Å². The van der Waals surface area contributed by atoms with Crippen molar-refractivity contribution in [2.45, 2.75) is 13.8 Å². The highest BCUT2D eigenvalue weighted by Gasteiger charge is 2.17. The molecule has 0 aliphatic rings. The standard InChI is InChI=1S/C20H20BrN3O2/c1-13-5-4-6-17(11-13)26-12-18(25)22-20-19(14(2)23-24(20)3)15-7-9-16(21)10-8-15/h4-11H,12H2,1-3H3,(H,22,25). The van der Waals surface area contributed by atoms with Gasteiger partial charge in [-0.3, -0.25) is 9.48 Å². The van der Waals surface area contributed by atoms with Crippen molar-refractivity contribution in [1.29, 1.82) is 0 Å². The molecule has 0 spiro atoms. The highest BCUT2D eigenvalue weighted by molar-refractivity contribution is 9.10. The highest BCUT2D eigenvalue weighted by Crippen LogP contribution is 2.31. The van der Waals surface area contributed by atoms with Crippen molar-refractivity contribution in [2.24, 2.45) is 7.05 Å². The van der Waals surface area contributed by atoms with Crippen molar-refractivity contribution in [3.8, 4) is 16.9 Å². The average Bonchev–Trinajstić information content (AvgIpc) is 2.88. The summed E-state index contributed by atoms with van der Waals surface area (Å²) in [6.07, 6.45) is 0. The number of amides is 1. The molecule has 0 aliphatic heterocycles. The molecule has 26 heavy (non-hydrogen) atoms. The minimum absolute atomic E-state index is 0.0620. The number of hydrogen-bond acceptors (Lipinski definition) is 3. The molecule has 6 heteroatoms. The number of rotatable bonds is 5. The third kappa shape index (κ3) is 4.14. The van der Waals surface area contributed by atoms with Crippen LogP contribution in [0.15, 0.2) is 53.0 Å². The van der Waals surface area contributed by atoms with E-state index < -0.39 is 0 Å². The van der Waals surface area contributed by atoms with Crippen LogP contribution in [0, 0.1) is 13.8 Å². The molecule has 0 fully saturated rings. The summed E-state index contributed by atoms with van der Waals surface area (Å²) < 4.78 is 8.26. The lowest BCUT2D eigenvalue weighted by Crippen LogP contribution is -2.22. The molecule has 1 aromatic heterocycles. The van der Waals surface area contributed by atoms with Gasteiger partial charge in [0.25, 0.3) is 5.91 Å². The summed E-state index contributed by atoms with van der Waals surface area (Å²) in [5.41, 5.74) is 3.84. The molecular weight excluding hydrogens is 394 g/mol. The van der Waals surface area contributed by atoms with Crippen LogP contribution in [0.5, 0.6) is 5.75 Å². The quantitative estimate of drug-likeness (QED) is 0.670. The summed E-state index contributed by atoms with van der Waals surface area (Å²) in [5, 5.41) is 7.36. The first-order valence-electron chi connectivity index (χ1n) is 8.23. The Labute approximate surface area is 161 Å². The summed E-state index contributed by atoms with van der Waals surface area (Å²) in [7, 11) is 1.81. The molecule has 0 radical (unpaired) electrons. The number of aryl methyl sites for hydroxylation is 3. The Morgan fingerprint density at radius 3 is 2.62 bits per heavy atom. The molecule has 0 saturated heterocycles. The fourth-order valence-electron chi connectivity index (χ4n) is 2.79. The SMILES string of the molecule is Cc1cccc(OCC(=O)Nc2c(-c3ccc(Br)cc3)c(C)nn2C)c1. The van der Waals surface area contributed by atoms with Crippen LogP contribution in [0.25, 0.3) is 11.1 Å². The lowest BCUT2D eigenvalue weighted by Gasteiger charge is -2.10. The molecule has 0 unspecified atom stereocenters. The molecule has 0 atom stereocenters. The highest BCUT2D eigenvalue weighted by atomic mass is 79.9. The molecule has 3 rings (SSSR count). The molecule has 0 aliphatic carbocycles. The number of halogens is 1. The number of hydrogen-bond donors (Lipinski definition) is 1. The summed E-state index contributed by atoms with van der Waals surface area (Å²) in [6.45, 7) is 3.85. The maximum atomic E-state index is 12.4. The van der Waals surface area contributed by atoms with Crippen molar-refractivity contribution < 1.29 is 9.53 Å². The Kier molecular flexibility index (Phi) is 5.42. The normalized spacial score (nSPS) is 10.6. The predicted octanol–water partition coefficient (Wildman–Crippen LogP) is 4.48. The van der Waals surface area contributed by atoms with E-state index in [0.29, 0.717) is 11.6 Å². The zero-order valence-corrected chi connectivity index (χ0v) is 16.5. The molecule has 1 amide bonds. The lowest BCUT2D eigenvalue weighted by molar-refractivity contribution is -0.118. The number of aromatic nitrogens is 2. The van der Waals surface area contributed by atoms with Gasteiger partial charge in [0, 0.05) is 17.1 Å². The van der Waals surface area contributed by atoms with Crippen LogP contribution in [-0.4, -0.2) is 22.3 Å². The van der Waals surface area contributed by atoms with Crippen molar-refractivity contribution in [3.05, 3.63) is 64.3 Å². The van der Waals surface area contributed by atoms with Gasteiger partial charge >= 0.3 is 0 Å². The first kappa shape index (κ1) is 18.2. The van der Waals surface area contributed by atoms with Gasteiger partial charge in [0.15, 0.2) is 6.61 Å². The third-order valence-electron chi connectivity index (χ3n) is 3.97. The van der Waals surface area contributed by atoms with E-state index in [0.717, 1.165) is 26.9 Å². The predicted molar refractivity (Wildman–Crippen MR) is 106 cm³/mol. The largest absolute Gasteiger partial charge is 0.484 e. The Bertz CT molecular complexity index is 933. The zero-order chi connectivity index (χ0) is 18.7. The van der Waals surface area contributed by atoms with Gasteiger partial charge in [-0.2, -0.15) is 5.10 Å². The van der Waals surface area contributed by atoms with E-state index in [4.69, 9.17) is 4.74 Å². The van der Waals surface area contributed by atoms with Gasteiger partial charge < -0.3 is 10.1 Å². The molecule has 5 nitrogen and oxygen atoms in total. The summed E-state index contributed by atoms with van der Waals surface area (Å²) in [6, 6.07) is 15.5. The number of carbonyl (C=O) groups excluding carboxylic acids is 1. The van der Waals surface area contributed by atoms with Gasteiger partial charge in [-0.1, -0.05) is 40.2 Å². The Morgan fingerprint density at radius 1 is 1.19 bits per heavy atom. The van der Waals surface area contributed by atoms with E-state index in [1.807, 2.05) is 69.4 Å². The second-order valence-corrected chi connectivity index (χ2v) is 7.01. The molecule has 3 aromatic rings. The van der Waals surface area contributed by atoms with Gasteiger partial charge in [-0.05, 0) is 49.2 Å². The number of carbonyl (C=O) groups is 1. The third-order valence-corrected chi connectivity index (χ3v) is 4.50. The molecular formula is C20H20BrN3O2. The second-order valence-electron chi connectivity index (χ2n) is 6.09.